The molecule has 1 aromatic heterocycles. The fourth-order valence-corrected chi connectivity index (χ4v) is 3.08. The van der Waals surface area contributed by atoms with E-state index in [0.717, 1.165) is 7.11 Å². The minimum absolute atomic E-state index is 0.107. The average Bonchev–Trinajstić information content (AvgIpc) is 3.04. The number of aromatic nitrogens is 2. The van der Waals surface area contributed by atoms with Crippen LogP contribution in [0.2, 0.25) is 0 Å². The summed E-state index contributed by atoms with van der Waals surface area (Å²) in [6.45, 7) is 1.09. The van der Waals surface area contributed by atoms with Crippen molar-refractivity contribution < 1.29 is 36.9 Å². The van der Waals surface area contributed by atoms with Gasteiger partial charge in [0.25, 0.3) is 0 Å². The zero-order valence-corrected chi connectivity index (χ0v) is 14.2. The summed E-state index contributed by atoms with van der Waals surface area (Å²) in [7, 11) is 1.15. The van der Waals surface area contributed by atoms with Crippen LogP contribution in [0.25, 0.3) is 0 Å². The van der Waals surface area contributed by atoms with E-state index in [1.807, 2.05) is 0 Å². The van der Waals surface area contributed by atoms with Gasteiger partial charge in [-0.05, 0) is 12.8 Å². The summed E-state index contributed by atoms with van der Waals surface area (Å²) >= 11 is 0. The predicted octanol–water partition coefficient (Wildman–Crippen LogP) is 2.28. The third-order valence-electron chi connectivity index (χ3n) is 4.36. The molecule has 1 aliphatic heterocycles. The molecule has 1 aromatic rings. The van der Waals surface area contributed by atoms with Crippen LogP contribution >= 0.6 is 0 Å². The minimum Gasteiger partial charge on any atom is -0.474 e. The van der Waals surface area contributed by atoms with Crippen LogP contribution in [0.4, 0.5) is 13.2 Å². The SMILES string of the molecule is COC(=O)Cc1cc(OC2CCC3(CC2)OCCO3)nc(C(F)(F)F)n1. The third kappa shape index (κ3) is 4.42. The highest BCUT2D eigenvalue weighted by molar-refractivity contribution is 5.71. The van der Waals surface area contributed by atoms with Gasteiger partial charge < -0.3 is 18.9 Å². The summed E-state index contributed by atoms with van der Waals surface area (Å²) in [6.07, 6.45) is -3.11. The molecule has 0 bridgehead atoms. The molecule has 0 N–H and O–H groups in total. The van der Waals surface area contributed by atoms with Gasteiger partial charge in [-0.25, -0.2) is 4.98 Å². The Morgan fingerprint density at radius 3 is 2.50 bits per heavy atom. The molecule has 1 saturated carbocycles. The lowest BCUT2D eigenvalue weighted by molar-refractivity contribution is -0.186. The highest BCUT2D eigenvalue weighted by Gasteiger charge is 2.41. The van der Waals surface area contributed by atoms with Crippen LogP contribution in [0.1, 0.15) is 37.2 Å². The Bertz CT molecular complexity index is 652. The molecule has 2 heterocycles. The standard InChI is InChI=1S/C16H19F3N2O5/c1-23-13(22)9-10-8-12(21-14(20-10)16(17,18)19)26-11-2-4-15(5-3-11)24-6-7-25-15/h8,11H,2-7,9H2,1H3. The molecule has 7 nitrogen and oxygen atoms in total. The van der Waals surface area contributed by atoms with Crippen molar-refractivity contribution in [1.82, 2.24) is 9.97 Å². The molecule has 1 spiro atoms. The van der Waals surface area contributed by atoms with Crippen LogP contribution in [0, 0.1) is 0 Å². The van der Waals surface area contributed by atoms with Crippen LogP contribution in [-0.4, -0.2) is 48.2 Å². The van der Waals surface area contributed by atoms with Crippen molar-refractivity contribution in [3.05, 3.63) is 17.6 Å². The molecule has 26 heavy (non-hydrogen) atoms. The molecule has 2 aliphatic rings. The topological polar surface area (TPSA) is 79.8 Å². The second-order valence-electron chi connectivity index (χ2n) is 6.20. The Labute approximate surface area is 147 Å². The van der Waals surface area contributed by atoms with Gasteiger partial charge in [0.1, 0.15) is 6.10 Å². The quantitative estimate of drug-likeness (QED) is 0.746. The minimum atomic E-state index is -4.74. The van der Waals surface area contributed by atoms with Crippen LogP contribution < -0.4 is 4.74 Å². The number of carbonyl (C=O) groups is 1. The molecular weight excluding hydrogens is 357 g/mol. The van der Waals surface area contributed by atoms with Gasteiger partial charge in [0, 0.05) is 18.9 Å². The van der Waals surface area contributed by atoms with Crippen LogP contribution in [0.15, 0.2) is 6.07 Å². The first-order chi connectivity index (χ1) is 12.3. The lowest BCUT2D eigenvalue weighted by Crippen LogP contribution is -2.38. The number of carbonyl (C=O) groups excluding carboxylic acids is 1. The molecule has 2 fully saturated rings. The predicted molar refractivity (Wildman–Crippen MR) is 80.3 cm³/mol. The zero-order valence-electron chi connectivity index (χ0n) is 14.2. The maximum atomic E-state index is 13.0. The number of methoxy groups -OCH3 is 1. The summed E-state index contributed by atoms with van der Waals surface area (Å²) in [6, 6.07) is 1.24. The second-order valence-corrected chi connectivity index (χ2v) is 6.20. The summed E-state index contributed by atoms with van der Waals surface area (Å²) in [5, 5.41) is 0. The number of rotatable bonds is 4. The van der Waals surface area contributed by atoms with Gasteiger partial charge in [-0.3, -0.25) is 4.79 Å². The van der Waals surface area contributed by atoms with Crippen LogP contribution in [0.5, 0.6) is 5.88 Å². The molecule has 0 aromatic carbocycles. The number of alkyl halides is 3. The highest BCUT2D eigenvalue weighted by atomic mass is 19.4. The summed E-state index contributed by atoms with van der Waals surface area (Å²) in [4.78, 5) is 18.2. The van der Waals surface area contributed by atoms with Crippen molar-refractivity contribution in [2.45, 2.75) is 50.2 Å². The normalized spacial score (nSPS) is 20.3. The monoisotopic (exact) mass is 376 g/mol. The van der Waals surface area contributed by atoms with Gasteiger partial charge in [0.05, 0.1) is 32.4 Å². The Kier molecular flexibility index (Phi) is 5.33. The fraction of sp³-hybridized carbons (Fsp3) is 0.688. The molecule has 10 heteroatoms. The van der Waals surface area contributed by atoms with Gasteiger partial charge in [0.2, 0.25) is 11.7 Å². The molecule has 1 aliphatic carbocycles. The second kappa shape index (κ2) is 7.36. The maximum Gasteiger partial charge on any atom is 0.451 e. The highest BCUT2D eigenvalue weighted by Crippen LogP contribution is 2.37. The van der Waals surface area contributed by atoms with E-state index in [9.17, 15) is 18.0 Å². The number of hydrogen-bond donors (Lipinski definition) is 0. The fourth-order valence-electron chi connectivity index (χ4n) is 3.08. The molecular formula is C16H19F3N2O5. The van der Waals surface area contributed by atoms with E-state index >= 15 is 0 Å². The number of nitrogens with zero attached hydrogens (tertiary/aromatic N) is 2. The largest absolute Gasteiger partial charge is 0.474 e. The van der Waals surface area contributed by atoms with E-state index in [2.05, 4.69) is 14.7 Å². The number of ether oxygens (including phenoxy) is 4. The molecule has 1 saturated heterocycles. The summed E-state index contributed by atoms with van der Waals surface area (Å²) < 4.78 is 60.4. The zero-order chi connectivity index (χ0) is 18.8. The summed E-state index contributed by atoms with van der Waals surface area (Å²) in [5.41, 5.74) is -0.107. The van der Waals surface area contributed by atoms with Gasteiger partial charge >= 0.3 is 12.1 Å². The van der Waals surface area contributed by atoms with Crippen molar-refractivity contribution in [2.24, 2.45) is 0 Å². The smallest absolute Gasteiger partial charge is 0.451 e. The van der Waals surface area contributed by atoms with Gasteiger partial charge in [-0.2, -0.15) is 18.2 Å². The molecule has 144 valence electrons. The van der Waals surface area contributed by atoms with Crippen molar-refractivity contribution >= 4 is 5.97 Å². The first kappa shape index (κ1) is 18.8. The van der Waals surface area contributed by atoms with E-state index in [4.69, 9.17) is 14.2 Å². The first-order valence-electron chi connectivity index (χ1n) is 8.26. The summed E-state index contributed by atoms with van der Waals surface area (Å²) in [5.74, 6) is -2.83. The van der Waals surface area contributed by atoms with Gasteiger partial charge in [-0.15, -0.1) is 0 Å². The number of esters is 1. The van der Waals surface area contributed by atoms with E-state index in [1.165, 1.54) is 6.07 Å². The molecule has 0 atom stereocenters. The Balaban J connectivity index is 1.72. The third-order valence-corrected chi connectivity index (χ3v) is 4.36. The molecule has 0 radical (unpaired) electrons. The number of halogens is 3. The molecule has 0 unspecified atom stereocenters. The molecule has 3 rings (SSSR count). The average molecular weight is 376 g/mol. The van der Waals surface area contributed by atoms with Gasteiger partial charge in [-0.1, -0.05) is 0 Å². The van der Waals surface area contributed by atoms with Gasteiger partial charge in [0.15, 0.2) is 5.79 Å². The maximum absolute atomic E-state index is 13.0. The number of hydrogen-bond acceptors (Lipinski definition) is 7. The van der Waals surface area contributed by atoms with E-state index in [0.29, 0.717) is 38.9 Å². The van der Waals surface area contributed by atoms with Crippen molar-refractivity contribution in [3.63, 3.8) is 0 Å². The van der Waals surface area contributed by atoms with Crippen molar-refractivity contribution in [1.29, 1.82) is 0 Å². The van der Waals surface area contributed by atoms with Crippen LogP contribution in [0.3, 0.4) is 0 Å². The van der Waals surface area contributed by atoms with Crippen molar-refractivity contribution in [2.75, 3.05) is 20.3 Å². The molecule has 0 amide bonds. The van der Waals surface area contributed by atoms with E-state index in [-0.39, 0.29) is 17.7 Å². The Hall–Kier alpha value is -1.94. The van der Waals surface area contributed by atoms with Crippen molar-refractivity contribution in [3.8, 4) is 5.88 Å². The lowest BCUT2D eigenvalue weighted by atomic mass is 9.92. The first-order valence-corrected chi connectivity index (χ1v) is 8.26. The van der Waals surface area contributed by atoms with Crippen LogP contribution in [-0.2, 0) is 31.6 Å². The Morgan fingerprint density at radius 1 is 1.27 bits per heavy atom. The van der Waals surface area contributed by atoms with E-state index < -0.39 is 30.2 Å². The Morgan fingerprint density at radius 2 is 1.92 bits per heavy atom. The van der Waals surface area contributed by atoms with E-state index in [1.54, 1.807) is 0 Å². The lowest BCUT2D eigenvalue weighted by Gasteiger charge is -2.35.